The van der Waals surface area contributed by atoms with E-state index >= 15 is 0 Å². The summed E-state index contributed by atoms with van der Waals surface area (Å²) >= 11 is 1.54. The summed E-state index contributed by atoms with van der Waals surface area (Å²) in [6.45, 7) is 5.51. The lowest BCUT2D eigenvalue weighted by molar-refractivity contribution is 0.0952. The van der Waals surface area contributed by atoms with E-state index in [1.807, 2.05) is 25.1 Å². The number of amides is 1. The van der Waals surface area contributed by atoms with Crippen LogP contribution in [0.25, 0.3) is 0 Å². The van der Waals surface area contributed by atoms with Crippen LogP contribution in [0, 0.1) is 6.92 Å². The Balaban J connectivity index is 2.07. The second kappa shape index (κ2) is 7.05. The Bertz CT molecular complexity index is 567. The van der Waals surface area contributed by atoms with E-state index in [-0.39, 0.29) is 5.91 Å². The van der Waals surface area contributed by atoms with Gasteiger partial charge in [-0.1, -0.05) is 13.0 Å². The fourth-order valence-corrected chi connectivity index (χ4v) is 2.39. The number of hydrogen-bond donors (Lipinski definition) is 2. The summed E-state index contributed by atoms with van der Waals surface area (Å²) < 4.78 is 0. The molecule has 2 rings (SSSR count). The first-order chi connectivity index (χ1) is 9.70. The zero-order chi connectivity index (χ0) is 14.4. The largest absolute Gasteiger partial charge is 0.384 e. The number of carbonyl (C=O) groups is 1. The number of hydrogen-bond acceptors (Lipinski definition) is 4. The van der Waals surface area contributed by atoms with Gasteiger partial charge in [0, 0.05) is 23.3 Å². The topological polar surface area (TPSA) is 54.0 Å². The molecule has 0 fully saturated rings. The standard InChI is InChI=1S/C15H19N3OS/c1-3-6-17-14-7-11(2)4-5-13(14)15(19)18-9-12-8-16-10-20-12/h4-5,7-8,10,17H,3,6,9H2,1-2H3,(H,18,19). The maximum absolute atomic E-state index is 12.3. The van der Waals surface area contributed by atoms with Crippen LogP contribution in [0.15, 0.2) is 29.9 Å². The van der Waals surface area contributed by atoms with Crippen LogP contribution in [0.2, 0.25) is 0 Å². The molecule has 0 unspecified atom stereocenters. The molecule has 0 aliphatic heterocycles. The summed E-state index contributed by atoms with van der Waals surface area (Å²) in [5.74, 6) is -0.0583. The van der Waals surface area contributed by atoms with Crippen molar-refractivity contribution >= 4 is 22.9 Å². The Morgan fingerprint density at radius 3 is 2.95 bits per heavy atom. The third-order valence-corrected chi connectivity index (χ3v) is 3.67. The Hall–Kier alpha value is -1.88. The first-order valence-corrected chi connectivity index (χ1v) is 7.58. The second-order valence-electron chi connectivity index (χ2n) is 4.63. The Labute approximate surface area is 123 Å². The highest BCUT2D eigenvalue weighted by atomic mass is 32.1. The molecule has 4 nitrogen and oxygen atoms in total. The molecule has 0 radical (unpaired) electrons. The molecule has 2 N–H and O–H groups in total. The van der Waals surface area contributed by atoms with Gasteiger partial charge in [-0.3, -0.25) is 9.78 Å². The van der Waals surface area contributed by atoms with Gasteiger partial charge in [0.15, 0.2) is 0 Å². The second-order valence-corrected chi connectivity index (χ2v) is 5.60. The van der Waals surface area contributed by atoms with Gasteiger partial charge in [-0.25, -0.2) is 0 Å². The Kier molecular flexibility index (Phi) is 5.12. The minimum Gasteiger partial charge on any atom is -0.384 e. The summed E-state index contributed by atoms with van der Waals surface area (Å²) in [6.07, 6.45) is 2.80. The van der Waals surface area contributed by atoms with E-state index in [0.717, 1.165) is 29.1 Å². The monoisotopic (exact) mass is 289 g/mol. The first kappa shape index (κ1) is 14.5. The van der Waals surface area contributed by atoms with Crippen molar-refractivity contribution in [2.45, 2.75) is 26.8 Å². The molecule has 20 heavy (non-hydrogen) atoms. The summed E-state index contributed by atoms with van der Waals surface area (Å²) in [5, 5.41) is 6.24. The van der Waals surface area contributed by atoms with Crippen molar-refractivity contribution in [3.05, 3.63) is 45.9 Å². The highest BCUT2D eigenvalue weighted by Gasteiger charge is 2.11. The van der Waals surface area contributed by atoms with Crippen molar-refractivity contribution in [2.24, 2.45) is 0 Å². The van der Waals surface area contributed by atoms with E-state index in [1.165, 1.54) is 11.3 Å². The Morgan fingerprint density at radius 1 is 1.40 bits per heavy atom. The molecule has 1 amide bonds. The van der Waals surface area contributed by atoms with Crippen molar-refractivity contribution in [1.29, 1.82) is 0 Å². The van der Waals surface area contributed by atoms with E-state index in [0.29, 0.717) is 12.1 Å². The van der Waals surface area contributed by atoms with Crippen LogP contribution >= 0.6 is 11.3 Å². The van der Waals surface area contributed by atoms with Gasteiger partial charge in [0.2, 0.25) is 0 Å². The average molecular weight is 289 g/mol. The van der Waals surface area contributed by atoms with Gasteiger partial charge >= 0.3 is 0 Å². The molecule has 0 aliphatic carbocycles. The van der Waals surface area contributed by atoms with Crippen molar-refractivity contribution in [2.75, 3.05) is 11.9 Å². The number of thiazole rings is 1. The smallest absolute Gasteiger partial charge is 0.253 e. The average Bonchev–Trinajstić information content (AvgIpc) is 2.96. The zero-order valence-corrected chi connectivity index (χ0v) is 12.6. The lowest BCUT2D eigenvalue weighted by atomic mass is 10.1. The van der Waals surface area contributed by atoms with E-state index in [9.17, 15) is 4.79 Å². The van der Waals surface area contributed by atoms with E-state index in [4.69, 9.17) is 0 Å². The van der Waals surface area contributed by atoms with Gasteiger partial charge in [0.1, 0.15) is 0 Å². The van der Waals surface area contributed by atoms with Crippen LogP contribution in [0.3, 0.4) is 0 Å². The summed E-state index contributed by atoms with van der Waals surface area (Å²) in [4.78, 5) is 17.3. The number of anilines is 1. The number of carbonyl (C=O) groups excluding carboxylic acids is 1. The van der Waals surface area contributed by atoms with Crippen molar-refractivity contribution in [3.63, 3.8) is 0 Å². The van der Waals surface area contributed by atoms with Gasteiger partial charge in [0.05, 0.1) is 17.6 Å². The van der Waals surface area contributed by atoms with Crippen molar-refractivity contribution in [3.8, 4) is 0 Å². The third kappa shape index (κ3) is 3.81. The molecule has 5 heteroatoms. The van der Waals surface area contributed by atoms with E-state index in [1.54, 1.807) is 11.7 Å². The number of rotatable bonds is 6. The van der Waals surface area contributed by atoms with Crippen LogP contribution in [-0.2, 0) is 6.54 Å². The van der Waals surface area contributed by atoms with Gasteiger partial charge < -0.3 is 10.6 Å². The van der Waals surface area contributed by atoms with Crippen LogP contribution in [0.4, 0.5) is 5.69 Å². The maximum Gasteiger partial charge on any atom is 0.253 e. The summed E-state index contributed by atoms with van der Waals surface area (Å²) in [7, 11) is 0. The zero-order valence-electron chi connectivity index (χ0n) is 11.8. The number of nitrogens with one attached hydrogen (secondary N) is 2. The highest BCUT2D eigenvalue weighted by Crippen LogP contribution is 2.18. The molecule has 0 atom stereocenters. The van der Waals surface area contributed by atoms with Crippen molar-refractivity contribution < 1.29 is 4.79 Å². The van der Waals surface area contributed by atoms with Gasteiger partial charge in [0.25, 0.3) is 5.91 Å². The fourth-order valence-electron chi connectivity index (χ4n) is 1.85. The molecule has 0 saturated carbocycles. The van der Waals surface area contributed by atoms with E-state index in [2.05, 4.69) is 22.5 Å². The molecule has 106 valence electrons. The summed E-state index contributed by atoms with van der Waals surface area (Å²) in [6, 6.07) is 5.84. The maximum atomic E-state index is 12.3. The molecule has 0 bridgehead atoms. The molecule has 0 aliphatic rings. The Morgan fingerprint density at radius 2 is 2.25 bits per heavy atom. The van der Waals surface area contributed by atoms with Crippen LogP contribution < -0.4 is 10.6 Å². The highest BCUT2D eigenvalue weighted by molar-refractivity contribution is 7.09. The number of nitrogens with zero attached hydrogens (tertiary/aromatic N) is 1. The number of aryl methyl sites for hydroxylation is 1. The van der Waals surface area contributed by atoms with Gasteiger partial charge in [-0.05, 0) is 31.0 Å². The molecule has 0 saturated heterocycles. The van der Waals surface area contributed by atoms with Gasteiger partial charge in [-0.2, -0.15) is 0 Å². The molecule has 1 aromatic carbocycles. The number of aromatic nitrogens is 1. The molecular formula is C15H19N3OS. The molecule has 1 heterocycles. The predicted molar refractivity (Wildman–Crippen MR) is 83.2 cm³/mol. The molecular weight excluding hydrogens is 270 g/mol. The van der Waals surface area contributed by atoms with E-state index < -0.39 is 0 Å². The van der Waals surface area contributed by atoms with Crippen LogP contribution in [0.1, 0.15) is 34.1 Å². The molecule has 2 aromatic rings. The molecule has 0 spiro atoms. The minimum absolute atomic E-state index is 0.0583. The summed E-state index contributed by atoms with van der Waals surface area (Å²) in [5.41, 5.74) is 4.49. The van der Waals surface area contributed by atoms with Gasteiger partial charge in [-0.15, -0.1) is 11.3 Å². The lowest BCUT2D eigenvalue weighted by Gasteiger charge is -2.12. The third-order valence-electron chi connectivity index (χ3n) is 2.89. The minimum atomic E-state index is -0.0583. The predicted octanol–water partition coefficient (Wildman–Crippen LogP) is 3.20. The SMILES string of the molecule is CCCNc1cc(C)ccc1C(=O)NCc1cncs1. The van der Waals surface area contributed by atoms with Crippen LogP contribution in [0.5, 0.6) is 0 Å². The fraction of sp³-hybridized carbons (Fsp3) is 0.333. The lowest BCUT2D eigenvalue weighted by Crippen LogP contribution is -2.23. The first-order valence-electron chi connectivity index (χ1n) is 6.70. The quantitative estimate of drug-likeness (QED) is 0.858. The van der Waals surface area contributed by atoms with Crippen LogP contribution in [-0.4, -0.2) is 17.4 Å². The molecule has 1 aromatic heterocycles. The normalized spacial score (nSPS) is 10.3. The van der Waals surface area contributed by atoms with Crippen molar-refractivity contribution in [1.82, 2.24) is 10.3 Å². The number of benzene rings is 1.